The fraction of sp³-hybridized carbons (Fsp3) is 0.483. The summed E-state index contributed by atoms with van der Waals surface area (Å²) < 4.78 is 11.5. The second kappa shape index (κ2) is 11.5. The maximum atomic E-state index is 13.0. The molecule has 37 heavy (non-hydrogen) atoms. The van der Waals surface area contributed by atoms with Crippen molar-refractivity contribution in [2.75, 3.05) is 13.1 Å². The molecule has 1 N–H and O–H groups in total. The van der Waals surface area contributed by atoms with Crippen molar-refractivity contribution in [3.05, 3.63) is 69.5 Å². The molecule has 0 aromatic heterocycles. The standard InChI is InChI=1S/C29H34ClN3O4/c1-29(2,3)37-27(34)18-33-14-13-19-15-20(5-6-21(19)17-33)28(35)32-22-7-9-23(10-8-22)36-24-11-12-26(31-4)25(30)16-24/h5-6,11-12,15-16,22-23H,7-10,13-14,17-18H2,1-3H3,(H,32,35). The van der Waals surface area contributed by atoms with Gasteiger partial charge in [0.25, 0.3) is 5.91 Å². The Bertz CT molecular complexity index is 1190. The number of ether oxygens (including phenoxy) is 2. The van der Waals surface area contributed by atoms with Crippen molar-refractivity contribution in [1.29, 1.82) is 0 Å². The number of nitrogens with zero attached hydrogens (tertiary/aromatic N) is 2. The minimum Gasteiger partial charge on any atom is -0.490 e. The zero-order valence-electron chi connectivity index (χ0n) is 21.7. The van der Waals surface area contributed by atoms with Gasteiger partial charge in [0.15, 0.2) is 0 Å². The summed E-state index contributed by atoms with van der Waals surface area (Å²) in [5, 5.41) is 3.58. The highest BCUT2D eigenvalue weighted by Gasteiger charge is 2.26. The van der Waals surface area contributed by atoms with E-state index in [4.69, 9.17) is 27.6 Å². The summed E-state index contributed by atoms with van der Waals surface area (Å²) in [6.07, 6.45) is 4.22. The normalized spacial score (nSPS) is 19.9. The quantitative estimate of drug-likeness (QED) is 0.388. The van der Waals surface area contributed by atoms with Gasteiger partial charge in [0.05, 0.1) is 24.2 Å². The number of halogens is 1. The molecule has 1 aliphatic carbocycles. The van der Waals surface area contributed by atoms with Gasteiger partial charge < -0.3 is 14.8 Å². The van der Waals surface area contributed by atoms with Crippen LogP contribution in [0.2, 0.25) is 5.02 Å². The van der Waals surface area contributed by atoms with Crippen molar-refractivity contribution in [2.24, 2.45) is 0 Å². The van der Waals surface area contributed by atoms with Gasteiger partial charge in [-0.2, -0.15) is 0 Å². The van der Waals surface area contributed by atoms with Gasteiger partial charge in [-0.05, 0) is 88.3 Å². The second-order valence-electron chi connectivity index (χ2n) is 10.8. The molecule has 0 spiro atoms. The summed E-state index contributed by atoms with van der Waals surface area (Å²) in [7, 11) is 0. The molecular formula is C29H34ClN3O4. The van der Waals surface area contributed by atoms with E-state index >= 15 is 0 Å². The van der Waals surface area contributed by atoms with Crippen LogP contribution in [-0.4, -0.2) is 47.6 Å². The Morgan fingerprint density at radius 1 is 1.11 bits per heavy atom. The monoisotopic (exact) mass is 523 g/mol. The first-order chi connectivity index (χ1) is 17.6. The predicted molar refractivity (Wildman–Crippen MR) is 143 cm³/mol. The number of rotatable bonds is 6. The molecule has 0 atom stereocenters. The van der Waals surface area contributed by atoms with Crippen LogP contribution in [0, 0.1) is 6.57 Å². The maximum absolute atomic E-state index is 13.0. The van der Waals surface area contributed by atoms with E-state index in [2.05, 4.69) is 15.1 Å². The van der Waals surface area contributed by atoms with Gasteiger partial charge >= 0.3 is 5.97 Å². The number of carbonyl (C=O) groups is 2. The summed E-state index contributed by atoms with van der Waals surface area (Å²) >= 11 is 6.12. The number of esters is 1. The Labute approximate surface area is 223 Å². The third-order valence-electron chi connectivity index (χ3n) is 6.68. The lowest BCUT2D eigenvalue weighted by Gasteiger charge is -2.30. The number of hydrogen-bond acceptors (Lipinski definition) is 5. The first-order valence-electron chi connectivity index (χ1n) is 12.8. The van der Waals surface area contributed by atoms with Gasteiger partial charge in [0.1, 0.15) is 11.4 Å². The van der Waals surface area contributed by atoms with Crippen LogP contribution < -0.4 is 10.1 Å². The van der Waals surface area contributed by atoms with E-state index in [1.165, 1.54) is 0 Å². The lowest BCUT2D eigenvalue weighted by atomic mass is 9.92. The maximum Gasteiger partial charge on any atom is 0.320 e. The number of amides is 1. The van der Waals surface area contributed by atoms with Gasteiger partial charge in [-0.25, -0.2) is 4.85 Å². The van der Waals surface area contributed by atoms with Crippen LogP contribution in [-0.2, 0) is 22.5 Å². The highest BCUT2D eigenvalue weighted by molar-refractivity contribution is 6.33. The fourth-order valence-electron chi connectivity index (χ4n) is 4.88. The summed E-state index contributed by atoms with van der Waals surface area (Å²) in [5.41, 5.74) is 2.91. The molecule has 0 saturated heterocycles. The highest BCUT2D eigenvalue weighted by Crippen LogP contribution is 2.31. The van der Waals surface area contributed by atoms with E-state index in [-0.39, 0.29) is 30.6 Å². The van der Waals surface area contributed by atoms with Crippen LogP contribution in [0.25, 0.3) is 4.85 Å². The zero-order valence-corrected chi connectivity index (χ0v) is 22.4. The zero-order chi connectivity index (χ0) is 26.6. The largest absolute Gasteiger partial charge is 0.490 e. The van der Waals surface area contributed by atoms with Crippen molar-refractivity contribution in [3.8, 4) is 5.75 Å². The topological polar surface area (TPSA) is 72.2 Å². The molecular weight excluding hydrogens is 490 g/mol. The molecule has 1 heterocycles. The average molecular weight is 524 g/mol. The van der Waals surface area contributed by atoms with Crippen LogP contribution in [0.5, 0.6) is 5.75 Å². The molecule has 2 aromatic rings. The number of benzene rings is 2. The first kappa shape index (κ1) is 27.0. The van der Waals surface area contributed by atoms with Gasteiger partial charge in [0, 0.05) is 24.7 Å². The molecule has 1 aliphatic heterocycles. The molecule has 1 fully saturated rings. The van der Waals surface area contributed by atoms with Gasteiger partial charge in [0.2, 0.25) is 5.69 Å². The summed E-state index contributed by atoms with van der Waals surface area (Å²) in [4.78, 5) is 30.6. The molecule has 4 rings (SSSR count). The van der Waals surface area contributed by atoms with Crippen LogP contribution in [0.15, 0.2) is 36.4 Å². The Morgan fingerprint density at radius 2 is 1.86 bits per heavy atom. The first-order valence-corrected chi connectivity index (χ1v) is 13.2. The smallest absolute Gasteiger partial charge is 0.320 e. The lowest BCUT2D eigenvalue weighted by Crippen LogP contribution is -2.40. The molecule has 0 radical (unpaired) electrons. The molecule has 7 nitrogen and oxygen atoms in total. The predicted octanol–water partition coefficient (Wildman–Crippen LogP) is 5.71. The van der Waals surface area contributed by atoms with Crippen molar-refractivity contribution in [3.63, 3.8) is 0 Å². The van der Waals surface area contributed by atoms with E-state index in [0.29, 0.717) is 28.6 Å². The van der Waals surface area contributed by atoms with Crippen molar-refractivity contribution >= 4 is 29.2 Å². The minimum atomic E-state index is -0.487. The number of fused-ring (bicyclic) bond motifs is 1. The van der Waals surface area contributed by atoms with E-state index in [1.54, 1.807) is 18.2 Å². The van der Waals surface area contributed by atoms with E-state index < -0.39 is 5.60 Å². The molecule has 1 saturated carbocycles. The summed E-state index contributed by atoms with van der Waals surface area (Å²) in [5.74, 6) is 0.405. The summed E-state index contributed by atoms with van der Waals surface area (Å²) in [6, 6.07) is 11.1. The van der Waals surface area contributed by atoms with Crippen molar-refractivity contribution in [2.45, 2.75) is 77.2 Å². The van der Waals surface area contributed by atoms with Gasteiger partial charge in [-0.3, -0.25) is 14.5 Å². The third kappa shape index (κ3) is 7.47. The third-order valence-corrected chi connectivity index (χ3v) is 6.99. The molecule has 2 aromatic carbocycles. The van der Waals surface area contributed by atoms with Crippen LogP contribution in [0.3, 0.4) is 0 Å². The van der Waals surface area contributed by atoms with E-state index in [1.807, 2.05) is 39.0 Å². The second-order valence-corrected chi connectivity index (χ2v) is 11.2. The average Bonchev–Trinajstić information content (AvgIpc) is 2.84. The molecule has 0 bridgehead atoms. The Morgan fingerprint density at radius 3 is 2.54 bits per heavy atom. The molecule has 2 aliphatic rings. The Balaban J connectivity index is 1.25. The van der Waals surface area contributed by atoms with Crippen LogP contribution >= 0.6 is 11.6 Å². The molecule has 8 heteroatoms. The number of nitrogens with one attached hydrogen (secondary N) is 1. The van der Waals surface area contributed by atoms with Crippen LogP contribution in [0.1, 0.15) is 67.9 Å². The Hall–Kier alpha value is -3.08. The molecule has 196 valence electrons. The highest BCUT2D eigenvalue weighted by atomic mass is 35.5. The summed E-state index contributed by atoms with van der Waals surface area (Å²) in [6.45, 7) is 14.4. The molecule has 0 unspecified atom stereocenters. The van der Waals surface area contributed by atoms with Crippen molar-refractivity contribution in [1.82, 2.24) is 10.2 Å². The van der Waals surface area contributed by atoms with Gasteiger partial charge in [-0.1, -0.05) is 23.7 Å². The molecule has 1 amide bonds. The lowest BCUT2D eigenvalue weighted by molar-refractivity contribution is -0.156. The van der Waals surface area contributed by atoms with Crippen LogP contribution in [0.4, 0.5) is 5.69 Å². The SMILES string of the molecule is [C-]#[N+]c1ccc(OC2CCC(NC(=O)c3ccc4c(c3)CCN(CC(=O)OC(C)(C)C)C4)CC2)cc1Cl. The number of hydrogen-bond donors (Lipinski definition) is 1. The minimum absolute atomic E-state index is 0.0510. The fourth-order valence-corrected chi connectivity index (χ4v) is 5.09. The Kier molecular flexibility index (Phi) is 8.41. The van der Waals surface area contributed by atoms with Crippen molar-refractivity contribution < 1.29 is 19.1 Å². The van der Waals surface area contributed by atoms with E-state index in [9.17, 15) is 9.59 Å². The van der Waals surface area contributed by atoms with E-state index in [0.717, 1.165) is 49.8 Å². The van der Waals surface area contributed by atoms with Gasteiger partial charge in [-0.15, -0.1) is 0 Å². The number of carbonyl (C=O) groups excluding carboxylic acids is 2.